The number of likely N-dealkylation sites (N-methyl/N-ethyl adjacent to an activating group) is 1. The minimum absolute atomic E-state index is 0.169. The number of nitrogens with zero attached hydrogens (tertiary/aromatic N) is 2. The van der Waals surface area contributed by atoms with Crippen molar-refractivity contribution in [2.24, 2.45) is 4.99 Å². The number of benzene rings is 2. The minimum Gasteiger partial charge on any atom is -0.482 e. The van der Waals surface area contributed by atoms with Crippen molar-refractivity contribution in [1.82, 2.24) is 4.90 Å². The van der Waals surface area contributed by atoms with E-state index in [1.54, 1.807) is 55.6 Å². The number of rotatable bonds is 5. The third kappa shape index (κ3) is 4.90. The van der Waals surface area contributed by atoms with E-state index in [0.717, 1.165) is 5.56 Å². The Labute approximate surface area is 165 Å². The molecule has 0 unspecified atom stereocenters. The molecule has 0 atom stereocenters. The molecule has 3 rings (SSSR count). The number of carbonyl (C=O) groups is 2. The molecule has 138 valence electrons. The SMILES string of the molecule is CN1C(=O)/C(=C\c2cccc(OCC(=O)O)c2)SC1=Nc1cccc(Cl)c1. The first-order valence-corrected chi connectivity index (χ1v) is 9.08. The molecule has 8 heteroatoms. The Morgan fingerprint density at radius 1 is 1.30 bits per heavy atom. The van der Waals surface area contributed by atoms with Crippen LogP contribution in [0.5, 0.6) is 5.75 Å². The van der Waals surface area contributed by atoms with Crippen LogP contribution < -0.4 is 4.74 Å². The van der Waals surface area contributed by atoms with Crippen LogP contribution in [0.3, 0.4) is 0 Å². The highest BCUT2D eigenvalue weighted by atomic mass is 35.5. The fourth-order valence-corrected chi connectivity index (χ4v) is 3.47. The third-order valence-electron chi connectivity index (χ3n) is 3.55. The summed E-state index contributed by atoms with van der Waals surface area (Å²) in [7, 11) is 1.66. The molecule has 2 aromatic carbocycles. The van der Waals surface area contributed by atoms with E-state index in [1.807, 2.05) is 6.07 Å². The molecule has 1 amide bonds. The van der Waals surface area contributed by atoms with Crippen molar-refractivity contribution < 1.29 is 19.4 Å². The quantitative estimate of drug-likeness (QED) is 0.763. The zero-order valence-electron chi connectivity index (χ0n) is 14.3. The van der Waals surface area contributed by atoms with Crippen LogP contribution in [0.1, 0.15) is 5.56 Å². The number of aliphatic imine (C=N–C) groups is 1. The van der Waals surface area contributed by atoms with E-state index in [0.29, 0.717) is 26.5 Å². The molecule has 0 bridgehead atoms. The normalized spacial score (nSPS) is 17.0. The van der Waals surface area contributed by atoms with Gasteiger partial charge in [-0.2, -0.15) is 0 Å². The maximum absolute atomic E-state index is 12.5. The van der Waals surface area contributed by atoms with E-state index in [4.69, 9.17) is 21.4 Å². The van der Waals surface area contributed by atoms with Crippen LogP contribution in [0, 0.1) is 0 Å². The van der Waals surface area contributed by atoms with Crippen molar-refractivity contribution in [3.63, 3.8) is 0 Å². The first-order chi connectivity index (χ1) is 12.9. The summed E-state index contributed by atoms with van der Waals surface area (Å²) < 4.78 is 5.16. The number of aliphatic carboxylic acids is 1. The zero-order valence-corrected chi connectivity index (χ0v) is 15.8. The molecule has 1 aliphatic heterocycles. The monoisotopic (exact) mass is 402 g/mol. The minimum atomic E-state index is -1.05. The Kier molecular flexibility index (Phi) is 5.83. The molecule has 0 aromatic heterocycles. The largest absolute Gasteiger partial charge is 0.482 e. The number of amidine groups is 1. The summed E-state index contributed by atoms with van der Waals surface area (Å²) in [4.78, 5) is 29.6. The Balaban J connectivity index is 1.82. The molecule has 1 saturated heterocycles. The molecule has 0 spiro atoms. The fourth-order valence-electron chi connectivity index (χ4n) is 2.30. The lowest BCUT2D eigenvalue weighted by Gasteiger charge is -2.07. The van der Waals surface area contributed by atoms with E-state index >= 15 is 0 Å². The molecule has 0 saturated carbocycles. The number of carbonyl (C=O) groups excluding carboxylic acids is 1. The maximum Gasteiger partial charge on any atom is 0.341 e. The van der Waals surface area contributed by atoms with E-state index in [-0.39, 0.29) is 5.91 Å². The van der Waals surface area contributed by atoms with E-state index in [1.165, 1.54) is 16.7 Å². The highest BCUT2D eigenvalue weighted by molar-refractivity contribution is 8.18. The van der Waals surface area contributed by atoms with Crippen LogP contribution in [-0.2, 0) is 9.59 Å². The average molecular weight is 403 g/mol. The summed E-state index contributed by atoms with van der Waals surface area (Å²) in [5.74, 6) is -0.801. The van der Waals surface area contributed by atoms with E-state index in [9.17, 15) is 9.59 Å². The summed E-state index contributed by atoms with van der Waals surface area (Å²) >= 11 is 7.23. The standard InChI is InChI=1S/C19H15ClN2O4S/c1-22-18(25)16(27-19(22)21-14-6-3-5-13(20)10-14)9-12-4-2-7-15(8-12)26-11-17(23)24/h2-10H,11H2,1H3,(H,23,24)/b16-9+,21-19?. The zero-order chi connectivity index (χ0) is 19.4. The average Bonchev–Trinajstić information content (AvgIpc) is 2.88. The molecular formula is C19H15ClN2O4S. The van der Waals surface area contributed by atoms with Gasteiger partial charge in [-0.25, -0.2) is 9.79 Å². The van der Waals surface area contributed by atoms with Crippen LogP contribution in [-0.4, -0.2) is 40.7 Å². The van der Waals surface area contributed by atoms with E-state index in [2.05, 4.69) is 4.99 Å². The summed E-state index contributed by atoms with van der Waals surface area (Å²) in [5.41, 5.74) is 1.39. The van der Waals surface area contributed by atoms with Gasteiger partial charge in [-0.05, 0) is 53.7 Å². The number of carboxylic acids is 1. The number of ether oxygens (including phenoxy) is 1. The third-order valence-corrected chi connectivity index (χ3v) is 4.85. The van der Waals surface area contributed by atoms with Gasteiger partial charge in [0.1, 0.15) is 5.75 Å². The van der Waals surface area contributed by atoms with Gasteiger partial charge in [0.25, 0.3) is 5.91 Å². The van der Waals surface area contributed by atoms with Gasteiger partial charge in [-0.1, -0.05) is 29.8 Å². The Hall–Kier alpha value is -2.77. The highest BCUT2D eigenvalue weighted by Gasteiger charge is 2.30. The topological polar surface area (TPSA) is 79.2 Å². The number of hydrogen-bond donors (Lipinski definition) is 1. The predicted octanol–water partition coefficient (Wildman–Crippen LogP) is 4.04. The van der Waals surface area contributed by atoms with Crippen molar-refractivity contribution >= 4 is 52.2 Å². The Morgan fingerprint density at radius 2 is 2.07 bits per heavy atom. The maximum atomic E-state index is 12.5. The molecule has 0 aliphatic carbocycles. The van der Waals surface area contributed by atoms with Crippen molar-refractivity contribution in [2.45, 2.75) is 0 Å². The molecule has 1 heterocycles. The van der Waals surface area contributed by atoms with Gasteiger partial charge in [0.2, 0.25) is 0 Å². The van der Waals surface area contributed by atoms with Crippen LogP contribution in [0.2, 0.25) is 5.02 Å². The lowest BCUT2D eigenvalue weighted by atomic mass is 10.2. The number of hydrogen-bond acceptors (Lipinski definition) is 5. The van der Waals surface area contributed by atoms with Gasteiger partial charge in [-0.3, -0.25) is 9.69 Å². The number of carboxylic acid groups (broad SMARTS) is 1. The smallest absolute Gasteiger partial charge is 0.341 e. The number of amides is 1. The van der Waals surface area contributed by atoms with Gasteiger partial charge < -0.3 is 9.84 Å². The van der Waals surface area contributed by atoms with Gasteiger partial charge in [0, 0.05) is 12.1 Å². The highest BCUT2D eigenvalue weighted by Crippen LogP contribution is 2.33. The molecule has 1 aliphatic rings. The van der Waals surface area contributed by atoms with Gasteiger partial charge in [0.05, 0.1) is 10.6 Å². The second kappa shape index (κ2) is 8.28. The summed E-state index contributed by atoms with van der Waals surface area (Å²) in [5, 5.41) is 9.81. The molecular weight excluding hydrogens is 388 g/mol. The summed E-state index contributed by atoms with van der Waals surface area (Å²) in [6, 6.07) is 14.0. The van der Waals surface area contributed by atoms with Crippen molar-refractivity contribution in [3.8, 4) is 5.75 Å². The van der Waals surface area contributed by atoms with Gasteiger partial charge in [0.15, 0.2) is 11.8 Å². The lowest BCUT2D eigenvalue weighted by Crippen LogP contribution is -2.23. The van der Waals surface area contributed by atoms with Crippen LogP contribution >= 0.6 is 23.4 Å². The summed E-state index contributed by atoms with van der Waals surface area (Å²) in [6.07, 6.45) is 1.72. The second-order valence-corrected chi connectivity index (χ2v) is 7.05. The molecule has 2 aromatic rings. The van der Waals surface area contributed by atoms with E-state index < -0.39 is 12.6 Å². The lowest BCUT2D eigenvalue weighted by molar-refractivity contribution is -0.139. The summed E-state index contributed by atoms with van der Waals surface area (Å²) in [6.45, 7) is -0.424. The van der Waals surface area contributed by atoms with Crippen molar-refractivity contribution in [2.75, 3.05) is 13.7 Å². The van der Waals surface area contributed by atoms with Gasteiger partial charge in [-0.15, -0.1) is 0 Å². The first-order valence-electron chi connectivity index (χ1n) is 7.89. The molecule has 1 fully saturated rings. The molecule has 1 N–H and O–H groups in total. The Morgan fingerprint density at radius 3 is 2.81 bits per heavy atom. The molecule has 0 radical (unpaired) electrons. The van der Waals surface area contributed by atoms with Crippen LogP contribution in [0.15, 0.2) is 58.4 Å². The van der Waals surface area contributed by atoms with Gasteiger partial charge >= 0.3 is 5.97 Å². The predicted molar refractivity (Wildman–Crippen MR) is 106 cm³/mol. The van der Waals surface area contributed by atoms with Crippen molar-refractivity contribution in [1.29, 1.82) is 0 Å². The Bertz CT molecular complexity index is 958. The first kappa shape index (κ1) is 19.0. The molecule has 6 nitrogen and oxygen atoms in total. The van der Waals surface area contributed by atoms with Crippen LogP contribution in [0.25, 0.3) is 6.08 Å². The fraction of sp³-hybridized carbons (Fsp3) is 0.105. The number of thioether (sulfide) groups is 1. The number of halogens is 1. The molecule has 27 heavy (non-hydrogen) atoms. The van der Waals surface area contributed by atoms with Crippen LogP contribution in [0.4, 0.5) is 5.69 Å². The van der Waals surface area contributed by atoms with Crippen molar-refractivity contribution in [3.05, 3.63) is 64.0 Å². The second-order valence-electron chi connectivity index (χ2n) is 5.60.